The highest BCUT2D eigenvalue weighted by atomic mass is 16.6. The predicted octanol–water partition coefficient (Wildman–Crippen LogP) is 8.84. The number of carbonyl (C=O) groups is 3. The number of hydrogen-bond donors (Lipinski definition) is 1. The second-order valence-electron chi connectivity index (χ2n) is 13.7. The summed E-state index contributed by atoms with van der Waals surface area (Å²) in [6.45, 7) is 10.5. The van der Waals surface area contributed by atoms with Gasteiger partial charge in [-0.1, -0.05) is 83.1 Å². The van der Waals surface area contributed by atoms with Crippen LogP contribution in [-0.4, -0.2) is 52.2 Å². The molecule has 0 aliphatic carbocycles. The average Bonchev–Trinajstić information content (AvgIpc) is 3.07. The van der Waals surface area contributed by atoms with Crippen molar-refractivity contribution in [1.82, 2.24) is 9.80 Å². The molecule has 5 rings (SSSR count). The number of rotatable bonds is 10. The summed E-state index contributed by atoms with van der Waals surface area (Å²) >= 11 is 0. The number of hydrogen-bond acceptors (Lipinski definition) is 6. The summed E-state index contributed by atoms with van der Waals surface area (Å²) in [6.07, 6.45) is -1.61. The molecular weight excluding hydrogens is 620 g/mol. The highest BCUT2D eigenvalue weighted by Crippen LogP contribution is 2.32. The Kier molecular flexibility index (Phi) is 10.9. The zero-order chi connectivity index (χ0) is 35.1. The van der Waals surface area contributed by atoms with Crippen molar-refractivity contribution < 1.29 is 33.7 Å². The molecule has 4 aromatic carbocycles. The number of imide groups is 1. The van der Waals surface area contributed by atoms with Crippen molar-refractivity contribution in [2.75, 3.05) is 13.2 Å². The first-order valence-corrected chi connectivity index (χ1v) is 16.6. The lowest BCUT2D eigenvalue weighted by atomic mass is 9.87. The third-order valence-electron chi connectivity index (χ3n) is 8.35. The molecule has 1 aliphatic rings. The van der Waals surface area contributed by atoms with E-state index in [-0.39, 0.29) is 37.5 Å². The first kappa shape index (κ1) is 35.0. The van der Waals surface area contributed by atoms with E-state index in [0.29, 0.717) is 29.4 Å². The molecule has 0 spiro atoms. The molecule has 1 atom stereocenters. The van der Waals surface area contributed by atoms with Crippen LogP contribution in [-0.2, 0) is 34.3 Å². The number of fused-ring (bicyclic) bond motifs is 1. The van der Waals surface area contributed by atoms with Crippen LogP contribution in [0.1, 0.15) is 56.9 Å². The van der Waals surface area contributed by atoms with Gasteiger partial charge in [0, 0.05) is 13.0 Å². The average molecular weight is 665 g/mol. The van der Waals surface area contributed by atoms with Gasteiger partial charge in [0.1, 0.15) is 29.0 Å². The summed E-state index contributed by atoms with van der Waals surface area (Å²) in [5.74, 6) is 2.03. The lowest BCUT2D eigenvalue weighted by Gasteiger charge is -2.37. The lowest BCUT2D eigenvalue weighted by molar-refractivity contribution is -0.135. The van der Waals surface area contributed by atoms with E-state index in [2.05, 4.69) is 20.8 Å². The van der Waals surface area contributed by atoms with Gasteiger partial charge in [0.2, 0.25) is 0 Å². The Morgan fingerprint density at radius 3 is 2.02 bits per heavy atom. The van der Waals surface area contributed by atoms with E-state index in [4.69, 9.17) is 14.2 Å². The van der Waals surface area contributed by atoms with Crippen molar-refractivity contribution in [3.05, 3.63) is 119 Å². The standard InChI is InChI=1S/C40H44N2O7/c1-27(2)26-47-39(46)42-25-30-23-35(49-34-19-14-31(15-20-34)40(3,4)5)18-13-29(30)24-36(42)37(43)41(38(44)45)22-21-28-11-16-33(17-12-28)48-32-9-7-6-8-10-32/h6-20,23,27,36H,21-22,24-26H2,1-5H3,(H,44,45)/t36-/m0/s1. The Morgan fingerprint density at radius 1 is 0.816 bits per heavy atom. The summed E-state index contributed by atoms with van der Waals surface area (Å²) < 4.78 is 17.5. The van der Waals surface area contributed by atoms with Crippen LogP contribution in [0, 0.1) is 5.92 Å². The van der Waals surface area contributed by atoms with E-state index in [9.17, 15) is 19.5 Å². The van der Waals surface area contributed by atoms with E-state index in [1.54, 1.807) is 12.1 Å². The van der Waals surface area contributed by atoms with Gasteiger partial charge < -0.3 is 19.3 Å². The number of carbonyl (C=O) groups excluding carboxylic acids is 2. The van der Waals surface area contributed by atoms with Crippen molar-refractivity contribution in [3.63, 3.8) is 0 Å². The van der Waals surface area contributed by atoms with Gasteiger partial charge in [-0.3, -0.25) is 9.69 Å². The van der Waals surface area contributed by atoms with Crippen LogP contribution in [0.25, 0.3) is 0 Å². The molecule has 9 heteroatoms. The van der Waals surface area contributed by atoms with Crippen LogP contribution >= 0.6 is 0 Å². The number of para-hydroxylation sites is 1. The number of ether oxygens (including phenoxy) is 3. The number of amides is 3. The summed E-state index contributed by atoms with van der Waals surface area (Å²) in [6, 6.07) is 29.1. The summed E-state index contributed by atoms with van der Waals surface area (Å²) in [5, 5.41) is 10.1. The van der Waals surface area contributed by atoms with E-state index < -0.39 is 24.1 Å². The fourth-order valence-corrected chi connectivity index (χ4v) is 5.59. The van der Waals surface area contributed by atoms with E-state index >= 15 is 0 Å². The third-order valence-corrected chi connectivity index (χ3v) is 8.35. The maximum absolute atomic E-state index is 13.9. The first-order valence-electron chi connectivity index (χ1n) is 16.6. The van der Waals surface area contributed by atoms with Crippen molar-refractivity contribution in [2.24, 2.45) is 5.92 Å². The van der Waals surface area contributed by atoms with Crippen molar-refractivity contribution in [3.8, 4) is 23.0 Å². The minimum Gasteiger partial charge on any atom is -0.465 e. The highest BCUT2D eigenvalue weighted by Gasteiger charge is 2.39. The van der Waals surface area contributed by atoms with E-state index in [1.165, 1.54) is 10.5 Å². The highest BCUT2D eigenvalue weighted by molar-refractivity contribution is 5.96. The van der Waals surface area contributed by atoms with Crippen molar-refractivity contribution in [2.45, 2.75) is 65.5 Å². The maximum atomic E-state index is 13.9. The quantitative estimate of drug-likeness (QED) is 0.181. The molecule has 0 aromatic heterocycles. The molecule has 1 heterocycles. The minimum atomic E-state index is -1.38. The molecule has 0 radical (unpaired) electrons. The topological polar surface area (TPSA) is 106 Å². The van der Waals surface area contributed by atoms with Gasteiger partial charge >= 0.3 is 12.2 Å². The Balaban J connectivity index is 1.31. The number of nitrogens with zero attached hydrogens (tertiary/aromatic N) is 2. The summed E-state index contributed by atoms with van der Waals surface area (Å²) in [5.41, 5.74) is 3.68. The maximum Gasteiger partial charge on any atom is 0.414 e. The summed E-state index contributed by atoms with van der Waals surface area (Å²) in [7, 11) is 0. The normalized spacial score (nSPS) is 14.2. The Bertz CT molecular complexity index is 1750. The molecule has 1 N–H and O–H groups in total. The van der Waals surface area contributed by atoms with Crippen LogP contribution in [0.15, 0.2) is 97.1 Å². The molecule has 0 unspecified atom stereocenters. The smallest absolute Gasteiger partial charge is 0.414 e. The number of carboxylic acid groups (broad SMARTS) is 1. The van der Waals surface area contributed by atoms with E-state index in [0.717, 1.165) is 21.6 Å². The van der Waals surface area contributed by atoms with Gasteiger partial charge in [-0.05, 0) is 88.5 Å². The van der Waals surface area contributed by atoms with Gasteiger partial charge in [0.05, 0.1) is 13.2 Å². The van der Waals surface area contributed by atoms with Crippen molar-refractivity contribution >= 4 is 18.1 Å². The molecule has 1 aliphatic heterocycles. The van der Waals surface area contributed by atoms with E-state index in [1.807, 2.05) is 98.8 Å². The zero-order valence-corrected chi connectivity index (χ0v) is 28.7. The van der Waals surface area contributed by atoms with Gasteiger partial charge in [-0.2, -0.15) is 0 Å². The second kappa shape index (κ2) is 15.3. The van der Waals surface area contributed by atoms with Crippen LogP contribution in [0.2, 0.25) is 0 Å². The van der Waals surface area contributed by atoms with Crippen LogP contribution in [0.5, 0.6) is 23.0 Å². The molecule has 49 heavy (non-hydrogen) atoms. The molecular formula is C40H44N2O7. The van der Waals surface area contributed by atoms with Gasteiger partial charge in [0.15, 0.2) is 0 Å². The van der Waals surface area contributed by atoms with Crippen molar-refractivity contribution in [1.29, 1.82) is 0 Å². The van der Waals surface area contributed by atoms with Gasteiger partial charge in [-0.15, -0.1) is 0 Å². The van der Waals surface area contributed by atoms with Gasteiger partial charge in [0.25, 0.3) is 5.91 Å². The zero-order valence-electron chi connectivity index (χ0n) is 28.7. The monoisotopic (exact) mass is 664 g/mol. The molecule has 256 valence electrons. The fraction of sp³-hybridized carbons (Fsp3) is 0.325. The largest absolute Gasteiger partial charge is 0.465 e. The fourth-order valence-electron chi connectivity index (χ4n) is 5.59. The Morgan fingerprint density at radius 2 is 1.41 bits per heavy atom. The minimum absolute atomic E-state index is 0.0197. The van der Waals surface area contributed by atoms with Crippen LogP contribution < -0.4 is 9.47 Å². The molecule has 9 nitrogen and oxygen atoms in total. The number of benzene rings is 4. The Labute approximate surface area is 288 Å². The third kappa shape index (κ3) is 9.19. The molecule has 4 aromatic rings. The molecule has 0 saturated heterocycles. The van der Waals surface area contributed by atoms with Gasteiger partial charge in [-0.25, -0.2) is 14.5 Å². The second-order valence-corrected chi connectivity index (χ2v) is 13.7. The Hall–Kier alpha value is -5.31. The van der Waals surface area contributed by atoms with Crippen LogP contribution in [0.3, 0.4) is 0 Å². The lowest BCUT2D eigenvalue weighted by Crippen LogP contribution is -2.55. The van der Waals surface area contributed by atoms with Crippen LogP contribution in [0.4, 0.5) is 9.59 Å². The molecule has 0 fully saturated rings. The first-order chi connectivity index (χ1) is 23.4. The predicted molar refractivity (Wildman–Crippen MR) is 187 cm³/mol. The molecule has 3 amide bonds. The summed E-state index contributed by atoms with van der Waals surface area (Å²) in [4.78, 5) is 41.9. The molecule has 0 bridgehead atoms. The molecule has 0 saturated carbocycles. The SMILES string of the molecule is CC(C)COC(=O)N1Cc2cc(Oc3ccc(C(C)(C)C)cc3)ccc2C[C@H]1C(=O)N(CCc1ccc(Oc2ccccc2)cc1)C(=O)O.